The number of anilines is 1. The van der Waals surface area contributed by atoms with E-state index in [1.807, 2.05) is 41.0 Å². The van der Waals surface area contributed by atoms with Gasteiger partial charge in [-0.3, -0.25) is 9.55 Å². The summed E-state index contributed by atoms with van der Waals surface area (Å²) in [5, 5.41) is 11.4. The smallest absolute Gasteiger partial charge is 0.156 e. The van der Waals surface area contributed by atoms with Gasteiger partial charge in [0.15, 0.2) is 5.82 Å². The number of rotatable bonds is 4. The number of hydrogen-bond acceptors (Lipinski definition) is 4. The second kappa shape index (κ2) is 5.83. The molecule has 0 aliphatic carbocycles. The number of aromatic nitrogens is 4. The number of hydrogen-bond donors (Lipinski definition) is 1. The summed E-state index contributed by atoms with van der Waals surface area (Å²) < 4.78 is 2.89. The Labute approximate surface area is 124 Å². The van der Waals surface area contributed by atoms with Crippen LogP contribution in [0.15, 0.2) is 59.6 Å². The van der Waals surface area contributed by atoms with Crippen LogP contribution in [-0.2, 0) is 6.54 Å². The number of benzene rings is 1. The van der Waals surface area contributed by atoms with E-state index in [4.69, 9.17) is 0 Å². The summed E-state index contributed by atoms with van der Waals surface area (Å²) in [7, 11) is 0. The van der Waals surface area contributed by atoms with Crippen molar-refractivity contribution in [1.29, 1.82) is 0 Å². The van der Waals surface area contributed by atoms with E-state index in [1.54, 1.807) is 18.7 Å². The maximum Gasteiger partial charge on any atom is 0.156 e. The van der Waals surface area contributed by atoms with Gasteiger partial charge in [0.1, 0.15) is 6.33 Å². The minimum absolute atomic E-state index is 0.576. The number of nitrogens with one attached hydrogen (secondary N) is 1. The Hall–Kier alpha value is -2.21. The third-order valence-electron chi connectivity index (χ3n) is 2.81. The van der Waals surface area contributed by atoms with Crippen LogP contribution in [0.1, 0.15) is 5.82 Å². The van der Waals surface area contributed by atoms with Crippen molar-refractivity contribution in [2.45, 2.75) is 6.54 Å². The molecule has 1 aromatic carbocycles. The molecule has 0 atom stereocenters. The van der Waals surface area contributed by atoms with Gasteiger partial charge in [0.2, 0.25) is 0 Å². The molecule has 6 heteroatoms. The second-order valence-electron chi connectivity index (χ2n) is 4.20. The Balaban J connectivity index is 1.78. The van der Waals surface area contributed by atoms with Crippen LogP contribution in [0.5, 0.6) is 0 Å². The number of nitrogens with zero attached hydrogens (tertiary/aromatic N) is 4. The monoisotopic (exact) mass is 329 g/mol. The van der Waals surface area contributed by atoms with E-state index in [-0.39, 0.29) is 0 Å². The molecule has 0 fully saturated rings. The molecule has 0 aliphatic heterocycles. The van der Waals surface area contributed by atoms with Crippen LogP contribution in [0, 0.1) is 0 Å². The minimum atomic E-state index is 0.576. The van der Waals surface area contributed by atoms with Crippen molar-refractivity contribution in [2.24, 2.45) is 0 Å². The summed E-state index contributed by atoms with van der Waals surface area (Å²) in [6.07, 6.45) is 5.23. The molecular formula is C14H12BrN5. The molecule has 0 spiro atoms. The van der Waals surface area contributed by atoms with Crippen molar-refractivity contribution in [3.8, 4) is 5.69 Å². The molecule has 2 aromatic heterocycles. The Morgan fingerprint density at radius 1 is 1.15 bits per heavy atom. The molecule has 3 rings (SSSR count). The van der Waals surface area contributed by atoms with E-state index in [9.17, 15) is 0 Å². The second-order valence-corrected chi connectivity index (χ2v) is 5.11. The molecule has 0 saturated carbocycles. The average Bonchev–Trinajstić information content (AvgIpc) is 2.95. The highest BCUT2D eigenvalue weighted by Crippen LogP contribution is 2.15. The Kier molecular flexibility index (Phi) is 3.73. The van der Waals surface area contributed by atoms with Crippen LogP contribution < -0.4 is 5.32 Å². The third kappa shape index (κ3) is 2.85. The lowest BCUT2D eigenvalue weighted by atomic mass is 10.3. The molecule has 0 radical (unpaired) electrons. The maximum atomic E-state index is 4.15. The topological polar surface area (TPSA) is 55.6 Å². The fourth-order valence-corrected chi connectivity index (χ4v) is 2.24. The fraction of sp³-hybridized carbons (Fsp3) is 0.0714. The van der Waals surface area contributed by atoms with Gasteiger partial charge in [-0.15, -0.1) is 10.2 Å². The maximum absolute atomic E-state index is 4.15. The highest BCUT2D eigenvalue weighted by molar-refractivity contribution is 9.10. The van der Waals surface area contributed by atoms with Crippen molar-refractivity contribution in [3.63, 3.8) is 0 Å². The van der Waals surface area contributed by atoms with Crippen LogP contribution in [0.4, 0.5) is 5.69 Å². The first-order chi connectivity index (χ1) is 9.83. The number of halogens is 1. The van der Waals surface area contributed by atoms with Crippen molar-refractivity contribution >= 4 is 21.6 Å². The van der Waals surface area contributed by atoms with E-state index >= 15 is 0 Å². The van der Waals surface area contributed by atoms with E-state index in [2.05, 4.69) is 36.4 Å². The summed E-state index contributed by atoms with van der Waals surface area (Å²) in [6.45, 7) is 0.576. The van der Waals surface area contributed by atoms with Gasteiger partial charge in [0.05, 0.1) is 18.4 Å². The molecule has 0 unspecified atom stereocenters. The lowest BCUT2D eigenvalue weighted by molar-refractivity contribution is 0.890. The lowest BCUT2D eigenvalue weighted by Crippen LogP contribution is -2.07. The molecule has 20 heavy (non-hydrogen) atoms. The molecule has 0 saturated heterocycles. The molecule has 0 bridgehead atoms. The van der Waals surface area contributed by atoms with Crippen LogP contribution >= 0.6 is 15.9 Å². The number of pyridine rings is 1. The van der Waals surface area contributed by atoms with Gasteiger partial charge in [-0.1, -0.05) is 18.2 Å². The van der Waals surface area contributed by atoms with E-state index in [0.717, 1.165) is 21.7 Å². The van der Waals surface area contributed by atoms with Crippen molar-refractivity contribution < 1.29 is 0 Å². The predicted octanol–water partition coefficient (Wildman–Crippen LogP) is 3.04. The summed E-state index contributed by atoms with van der Waals surface area (Å²) in [5.74, 6) is 0.844. The van der Waals surface area contributed by atoms with Crippen LogP contribution in [0.25, 0.3) is 5.69 Å². The Bertz CT molecular complexity index is 696. The summed E-state index contributed by atoms with van der Waals surface area (Å²) in [4.78, 5) is 4.11. The third-order valence-corrected chi connectivity index (χ3v) is 3.24. The van der Waals surface area contributed by atoms with E-state index < -0.39 is 0 Å². The molecule has 5 nitrogen and oxygen atoms in total. The average molecular weight is 330 g/mol. The van der Waals surface area contributed by atoms with Gasteiger partial charge in [0.25, 0.3) is 0 Å². The first-order valence-electron chi connectivity index (χ1n) is 6.12. The summed E-state index contributed by atoms with van der Waals surface area (Å²) in [6, 6.07) is 12.0. The van der Waals surface area contributed by atoms with Crippen LogP contribution in [0.3, 0.4) is 0 Å². The van der Waals surface area contributed by atoms with Crippen molar-refractivity contribution in [2.75, 3.05) is 5.32 Å². The first-order valence-corrected chi connectivity index (χ1v) is 6.91. The van der Waals surface area contributed by atoms with Crippen molar-refractivity contribution in [1.82, 2.24) is 19.7 Å². The minimum Gasteiger partial charge on any atom is -0.376 e. The summed E-state index contributed by atoms with van der Waals surface area (Å²) in [5.41, 5.74) is 1.98. The highest BCUT2D eigenvalue weighted by Gasteiger charge is 2.05. The van der Waals surface area contributed by atoms with Gasteiger partial charge in [-0.25, -0.2) is 0 Å². The highest BCUT2D eigenvalue weighted by atomic mass is 79.9. The molecule has 2 heterocycles. The lowest BCUT2D eigenvalue weighted by Gasteiger charge is -2.08. The van der Waals surface area contributed by atoms with Gasteiger partial charge >= 0.3 is 0 Å². The fourth-order valence-electron chi connectivity index (χ4n) is 1.87. The van der Waals surface area contributed by atoms with Gasteiger partial charge in [0, 0.05) is 16.4 Å². The summed E-state index contributed by atoms with van der Waals surface area (Å²) >= 11 is 3.40. The molecular weight excluding hydrogens is 318 g/mol. The zero-order valence-electron chi connectivity index (χ0n) is 10.6. The quantitative estimate of drug-likeness (QED) is 0.799. The number of para-hydroxylation sites is 1. The Morgan fingerprint density at radius 3 is 2.80 bits per heavy atom. The largest absolute Gasteiger partial charge is 0.376 e. The first kappa shape index (κ1) is 12.8. The van der Waals surface area contributed by atoms with Crippen molar-refractivity contribution in [3.05, 3.63) is 65.4 Å². The zero-order valence-corrected chi connectivity index (χ0v) is 12.2. The molecule has 100 valence electrons. The van der Waals surface area contributed by atoms with E-state index in [0.29, 0.717) is 6.54 Å². The molecule has 0 amide bonds. The van der Waals surface area contributed by atoms with Gasteiger partial charge < -0.3 is 5.32 Å². The molecule has 3 aromatic rings. The normalized spacial score (nSPS) is 10.4. The van der Waals surface area contributed by atoms with Crippen LogP contribution in [-0.4, -0.2) is 19.7 Å². The van der Waals surface area contributed by atoms with Crippen LogP contribution in [0.2, 0.25) is 0 Å². The SMILES string of the molecule is Brc1cncc(NCc2nncn2-c2ccccc2)c1. The van der Waals surface area contributed by atoms with Gasteiger partial charge in [-0.2, -0.15) is 0 Å². The standard InChI is InChI=1S/C14H12BrN5/c15-11-6-12(8-16-7-11)17-9-14-19-18-10-20(14)13-4-2-1-3-5-13/h1-8,10,17H,9H2. The Morgan fingerprint density at radius 2 is 2.00 bits per heavy atom. The van der Waals surface area contributed by atoms with E-state index in [1.165, 1.54) is 0 Å². The van der Waals surface area contributed by atoms with Gasteiger partial charge in [-0.05, 0) is 34.1 Å². The predicted molar refractivity (Wildman–Crippen MR) is 80.6 cm³/mol. The molecule has 0 aliphatic rings. The zero-order chi connectivity index (χ0) is 13.8. The molecule has 1 N–H and O–H groups in total.